The summed E-state index contributed by atoms with van der Waals surface area (Å²) >= 11 is 0. The minimum atomic E-state index is -0.842. The molecule has 2 aromatic carbocycles. The van der Waals surface area contributed by atoms with Crippen LogP contribution in [0.3, 0.4) is 0 Å². The van der Waals surface area contributed by atoms with E-state index in [-0.39, 0.29) is 30.8 Å². The third-order valence-corrected chi connectivity index (χ3v) is 5.31. The second-order valence-corrected chi connectivity index (χ2v) is 9.40. The first-order valence-corrected chi connectivity index (χ1v) is 11.7. The second kappa shape index (κ2) is 12.9. The van der Waals surface area contributed by atoms with Crippen LogP contribution in [0.4, 0.5) is 0 Å². The van der Waals surface area contributed by atoms with Crippen molar-refractivity contribution in [1.82, 2.24) is 0 Å². The van der Waals surface area contributed by atoms with Gasteiger partial charge in [-0.3, -0.25) is 0 Å². The summed E-state index contributed by atoms with van der Waals surface area (Å²) in [4.78, 5) is 0. The fourth-order valence-corrected chi connectivity index (χ4v) is 3.59. The lowest BCUT2D eigenvalue weighted by atomic mass is 10.0. The molecule has 1 heterocycles. The van der Waals surface area contributed by atoms with E-state index in [1.54, 1.807) is 0 Å². The maximum Gasteiger partial charge on any atom is 0.163 e. The van der Waals surface area contributed by atoms with Crippen LogP contribution in [0.15, 0.2) is 60.7 Å². The van der Waals surface area contributed by atoms with Crippen molar-refractivity contribution in [3.05, 3.63) is 60.7 Å². The number of rotatable bonds is 9. The zero-order valence-electron chi connectivity index (χ0n) is 20.7. The molecule has 4 atom stereocenters. The minimum absolute atomic E-state index is 0.00850. The number of hydrogen-bond acceptors (Lipinski definition) is 6. The molecule has 1 aliphatic rings. The van der Waals surface area contributed by atoms with Crippen LogP contribution < -0.4 is 9.47 Å². The van der Waals surface area contributed by atoms with Crippen LogP contribution in [0.1, 0.15) is 41.5 Å². The van der Waals surface area contributed by atoms with Gasteiger partial charge in [0.05, 0.1) is 13.2 Å². The van der Waals surface area contributed by atoms with Crippen LogP contribution >= 0.6 is 0 Å². The number of ether oxygens (including phenoxy) is 4. The Morgan fingerprint density at radius 1 is 0.879 bits per heavy atom. The molecule has 0 aromatic heterocycles. The lowest BCUT2D eigenvalue weighted by Gasteiger charge is -2.28. The largest absolute Gasteiger partial charge is 0.487 e. The summed E-state index contributed by atoms with van der Waals surface area (Å²) < 4.78 is 23.2. The molecule has 6 nitrogen and oxygen atoms in total. The molecular formula is C27H40O6. The van der Waals surface area contributed by atoms with E-state index in [1.165, 1.54) is 0 Å². The summed E-state index contributed by atoms with van der Waals surface area (Å²) in [7, 11) is 0. The molecule has 1 saturated heterocycles. The third kappa shape index (κ3) is 8.97. The van der Waals surface area contributed by atoms with Gasteiger partial charge < -0.3 is 29.2 Å². The van der Waals surface area contributed by atoms with Crippen molar-refractivity contribution in [2.75, 3.05) is 13.2 Å². The molecule has 1 aliphatic heterocycles. The van der Waals surface area contributed by atoms with Crippen LogP contribution in [-0.2, 0) is 9.47 Å². The molecule has 2 aromatic rings. The van der Waals surface area contributed by atoms with Gasteiger partial charge in [0, 0.05) is 0 Å². The summed E-state index contributed by atoms with van der Waals surface area (Å²) in [6.07, 6.45) is -1.23. The number of aliphatic hydroxyl groups is 2. The first-order valence-electron chi connectivity index (χ1n) is 11.7. The molecule has 33 heavy (non-hydrogen) atoms. The highest BCUT2D eigenvalue weighted by atomic mass is 16.7. The molecule has 2 N–H and O–H groups in total. The van der Waals surface area contributed by atoms with Gasteiger partial charge in [-0.2, -0.15) is 0 Å². The van der Waals surface area contributed by atoms with E-state index in [0.29, 0.717) is 18.3 Å². The molecule has 0 saturated carbocycles. The molecular weight excluding hydrogens is 420 g/mol. The predicted octanol–water partition coefficient (Wildman–Crippen LogP) is 4.68. The quantitative estimate of drug-likeness (QED) is 0.566. The van der Waals surface area contributed by atoms with Gasteiger partial charge in [0.15, 0.2) is 5.79 Å². The van der Waals surface area contributed by atoms with Gasteiger partial charge in [0.25, 0.3) is 0 Å². The van der Waals surface area contributed by atoms with Crippen molar-refractivity contribution >= 4 is 0 Å². The third-order valence-electron chi connectivity index (χ3n) is 5.31. The van der Waals surface area contributed by atoms with Crippen molar-refractivity contribution in [2.24, 2.45) is 11.8 Å². The van der Waals surface area contributed by atoms with Crippen LogP contribution in [0.2, 0.25) is 0 Å². The van der Waals surface area contributed by atoms with Gasteiger partial charge in [-0.1, -0.05) is 64.1 Å². The van der Waals surface area contributed by atoms with Crippen molar-refractivity contribution in [3.63, 3.8) is 0 Å². The van der Waals surface area contributed by atoms with Gasteiger partial charge in [-0.25, -0.2) is 0 Å². The van der Waals surface area contributed by atoms with Crippen molar-refractivity contribution < 1.29 is 29.2 Å². The van der Waals surface area contributed by atoms with E-state index in [9.17, 15) is 5.11 Å². The van der Waals surface area contributed by atoms with Crippen LogP contribution in [0.25, 0.3) is 0 Å². The predicted molar refractivity (Wildman–Crippen MR) is 129 cm³/mol. The van der Waals surface area contributed by atoms with Gasteiger partial charge in [0.2, 0.25) is 0 Å². The highest BCUT2D eigenvalue weighted by Gasteiger charge is 2.39. The van der Waals surface area contributed by atoms with Crippen LogP contribution in [-0.4, -0.2) is 53.6 Å². The highest BCUT2D eigenvalue weighted by molar-refractivity contribution is 5.22. The first-order chi connectivity index (χ1) is 15.6. The topological polar surface area (TPSA) is 77.4 Å². The molecule has 0 unspecified atom stereocenters. The molecule has 0 amide bonds. The number of benzene rings is 2. The molecule has 0 radical (unpaired) electrons. The number of aliphatic hydroxyl groups excluding tert-OH is 2. The molecule has 1 fully saturated rings. The van der Waals surface area contributed by atoms with Gasteiger partial charge in [-0.15, -0.1) is 0 Å². The number of hydrogen-bond donors (Lipinski definition) is 2. The van der Waals surface area contributed by atoms with E-state index in [0.717, 1.165) is 5.75 Å². The van der Waals surface area contributed by atoms with E-state index < -0.39 is 11.9 Å². The average Bonchev–Trinajstić information content (AvgIpc) is 3.16. The summed E-state index contributed by atoms with van der Waals surface area (Å²) in [5.74, 6) is 1.60. The molecule has 184 valence electrons. The van der Waals surface area contributed by atoms with Crippen LogP contribution in [0, 0.1) is 11.8 Å². The van der Waals surface area contributed by atoms with E-state index >= 15 is 0 Å². The van der Waals surface area contributed by atoms with E-state index in [4.69, 9.17) is 24.1 Å². The lowest BCUT2D eigenvalue weighted by molar-refractivity contribution is -0.151. The Morgan fingerprint density at radius 2 is 1.39 bits per heavy atom. The Bertz CT molecular complexity index is 778. The van der Waals surface area contributed by atoms with E-state index in [1.807, 2.05) is 88.4 Å². The van der Waals surface area contributed by atoms with Gasteiger partial charge in [0.1, 0.15) is 35.9 Å². The Labute approximate surface area is 198 Å². The van der Waals surface area contributed by atoms with E-state index in [2.05, 4.69) is 13.8 Å². The average molecular weight is 461 g/mol. The first kappa shape index (κ1) is 27.1. The van der Waals surface area contributed by atoms with Crippen molar-refractivity contribution in [1.29, 1.82) is 0 Å². The van der Waals surface area contributed by atoms with Crippen molar-refractivity contribution in [2.45, 2.75) is 71.7 Å². The normalized spacial score (nSPS) is 20.0. The Balaban J connectivity index is 0.000000238. The zero-order valence-corrected chi connectivity index (χ0v) is 20.7. The SMILES string of the molecule is CC(C)[C@@H](Oc1ccccc1)[C@H](O)CO.CC(C)[C@@H](Oc1ccccc1)[C@H]1COC(C)(C)O1. The summed E-state index contributed by atoms with van der Waals surface area (Å²) in [5.41, 5.74) is 0. The summed E-state index contributed by atoms with van der Waals surface area (Å²) in [6, 6.07) is 19.2. The molecule has 0 spiro atoms. The standard InChI is InChI=1S/C15H22O3.C12H18O3/c1-11(2)14(13-10-16-15(3,4)18-13)17-12-8-6-5-7-9-12;1-9(2)12(11(14)8-13)15-10-6-4-3-5-7-10/h5-9,11,13-14H,10H2,1-4H3;3-7,9,11-14H,8H2,1-2H3/t13-,14-;11-,12-/m11/s1. The molecule has 3 rings (SSSR count). The maximum atomic E-state index is 9.57. The smallest absolute Gasteiger partial charge is 0.163 e. The molecule has 6 heteroatoms. The fraction of sp³-hybridized carbons (Fsp3) is 0.556. The highest BCUT2D eigenvalue weighted by Crippen LogP contribution is 2.29. The zero-order chi connectivity index (χ0) is 24.4. The minimum Gasteiger partial charge on any atom is -0.487 e. The Kier molecular flexibility index (Phi) is 10.6. The second-order valence-electron chi connectivity index (χ2n) is 9.40. The Hall–Kier alpha value is -2.12. The van der Waals surface area contributed by atoms with Gasteiger partial charge in [-0.05, 0) is 49.9 Å². The van der Waals surface area contributed by atoms with Gasteiger partial charge >= 0.3 is 0 Å². The Morgan fingerprint density at radius 3 is 1.79 bits per heavy atom. The molecule has 0 bridgehead atoms. The van der Waals surface area contributed by atoms with Crippen LogP contribution in [0.5, 0.6) is 11.5 Å². The number of para-hydroxylation sites is 2. The fourth-order valence-electron chi connectivity index (χ4n) is 3.59. The summed E-state index contributed by atoms with van der Waals surface area (Å²) in [6.45, 7) is 12.4. The maximum absolute atomic E-state index is 9.57. The molecule has 0 aliphatic carbocycles. The van der Waals surface area contributed by atoms with Crippen molar-refractivity contribution in [3.8, 4) is 11.5 Å². The summed E-state index contributed by atoms with van der Waals surface area (Å²) in [5, 5.41) is 18.5. The monoisotopic (exact) mass is 460 g/mol. The lowest BCUT2D eigenvalue weighted by Crippen LogP contribution is -2.39.